The van der Waals surface area contributed by atoms with Gasteiger partial charge in [-0.2, -0.15) is 0 Å². The number of phenolic OH excluding ortho intramolecular Hbond substituents is 1. The third-order valence-electron chi connectivity index (χ3n) is 2.97. The minimum atomic E-state index is -0.923. The third kappa shape index (κ3) is 2.22. The van der Waals surface area contributed by atoms with Crippen LogP contribution in [-0.4, -0.2) is 29.1 Å². The van der Waals surface area contributed by atoms with Crippen molar-refractivity contribution in [2.75, 3.05) is 11.9 Å². The first-order valence-corrected chi connectivity index (χ1v) is 5.30. The Hall–Kier alpha value is -2.04. The van der Waals surface area contributed by atoms with Crippen molar-refractivity contribution in [1.82, 2.24) is 0 Å². The van der Waals surface area contributed by atoms with Crippen LogP contribution in [0.1, 0.15) is 6.42 Å². The number of carboxylic acid groups (broad SMARTS) is 1. The van der Waals surface area contributed by atoms with Gasteiger partial charge >= 0.3 is 5.97 Å². The Bertz CT molecular complexity index is 471. The highest BCUT2D eigenvalue weighted by molar-refractivity contribution is 5.99. The quantitative estimate of drug-likeness (QED) is 0.821. The van der Waals surface area contributed by atoms with Gasteiger partial charge in [0.15, 0.2) is 0 Å². The lowest BCUT2D eigenvalue weighted by Crippen LogP contribution is -2.28. The zero-order valence-electron chi connectivity index (χ0n) is 9.33. The van der Waals surface area contributed by atoms with E-state index in [2.05, 4.69) is 0 Å². The third-order valence-corrected chi connectivity index (χ3v) is 2.97. The molecule has 1 aromatic rings. The molecular weight excluding hydrogens is 222 g/mol. The van der Waals surface area contributed by atoms with Crippen molar-refractivity contribution in [2.24, 2.45) is 11.8 Å². The van der Waals surface area contributed by atoms with Crippen molar-refractivity contribution < 1.29 is 19.8 Å². The first-order chi connectivity index (χ1) is 8.00. The molecule has 1 aliphatic carbocycles. The number of rotatable bonds is 3. The molecule has 1 fully saturated rings. The van der Waals surface area contributed by atoms with E-state index in [0.717, 1.165) is 0 Å². The summed E-state index contributed by atoms with van der Waals surface area (Å²) in [6, 6.07) is 6.31. The lowest BCUT2D eigenvalue weighted by molar-refractivity contribution is -0.139. The molecule has 0 aromatic heterocycles. The topological polar surface area (TPSA) is 77.8 Å². The molecule has 0 aliphatic heterocycles. The molecule has 0 bridgehead atoms. The number of anilines is 1. The molecule has 1 amide bonds. The summed E-state index contributed by atoms with van der Waals surface area (Å²) < 4.78 is 0. The molecule has 1 aliphatic rings. The van der Waals surface area contributed by atoms with E-state index in [4.69, 9.17) is 5.11 Å². The van der Waals surface area contributed by atoms with Crippen molar-refractivity contribution in [3.8, 4) is 5.75 Å². The van der Waals surface area contributed by atoms with Crippen LogP contribution in [0.15, 0.2) is 24.3 Å². The Kier molecular flexibility index (Phi) is 2.75. The number of aromatic hydroxyl groups is 1. The van der Waals surface area contributed by atoms with Gasteiger partial charge in [-0.25, -0.2) is 0 Å². The van der Waals surface area contributed by atoms with Crippen molar-refractivity contribution in [1.29, 1.82) is 0 Å². The lowest BCUT2D eigenvalue weighted by atomic mass is 10.2. The van der Waals surface area contributed by atoms with Gasteiger partial charge in [-0.15, -0.1) is 0 Å². The summed E-state index contributed by atoms with van der Waals surface area (Å²) in [6.07, 6.45) is 0.400. The van der Waals surface area contributed by atoms with Gasteiger partial charge in [0.25, 0.3) is 0 Å². The van der Waals surface area contributed by atoms with Crippen LogP contribution in [-0.2, 0) is 9.59 Å². The normalized spacial score (nSPS) is 21.9. The van der Waals surface area contributed by atoms with E-state index in [-0.39, 0.29) is 11.7 Å². The molecule has 90 valence electrons. The molecule has 17 heavy (non-hydrogen) atoms. The minimum Gasteiger partial charge on any atom is -0.508 e. The van der Waals surface area contributed by atoms with E-state index in [1.807, 2.05) is 0 Å². The molecule has 5 nitrogen and oxygen atoms in total. The van der Waals surface area contributed by atoms with Gasteiger partial charge in [0, 0.05) is 18.8 Å². The SMILES string of the molecule is CN(C(=O)C1CC1C(=O)O)c1cccc(O)c1. The highest BCUT2D eigenvalue weighted by Crippen LogP contribution is 2.40. The molecule has 2 N–H and O–H groups in total. The van der Waals surface area contributed by atoms with Crippen LogP contribution in [0.3, 0.4) is 0 Å². The highest BCUT2D eigenvalue weighted by Gasteiger charge is 2.49. The summed E-state index contributed by atoms with van der Waals surface area (Å²) in [5.41, 5.74) is 0.561. The predicted molar refractivity (Wildman–Crippen MR) is 60.7 cm³/mol. The number of phenols is 1. The molecule has 0 spiro atoms. The van der Waals surface area contributed by atoms with Crippen molar-refractivity contribution in [2.45, 2.75) is 6.42 Å². The van der Waals surface area contributed by atoms with Crippen molar-refractivity contribution in [3.63, 3.8) is 0 Å². The zero-order chi connectivity index (χ0) is 12.6. The molecule has 2 atom stereocenters. The molecule has 5 heteroatoms. The van der Waals surface area contributed by atoms with Gasteiger partial charge in [0.2, 0.25) is 5.91 Å². The second-order valence-electron chi connectivity index (χ2n) is 4.20. The summed E-state index contributed by atoms with van der Waals surface area (Å²) in [5.74, 6) is -2.05. The van der Waals surface area contributed by atoms with Gasteiger partial charge < -0.3 is 15.1 Å². The highest BCUT2D eigenvalue weighted by atomic mass is 16.4. The Morgan fingerprint density at radius 1 is 1.35 bits per heavy atom. The summed E-state index contributed by atoms with van der Waals surface area (Å²) in [5, 5.41) is 18.1. The number of amides is 1. The van der Waals surface area contributed by atoms with Gasteiger partial charge in [-0.1, -0.05) is 6.07 Å². The average molecular weight is 235 g/mol. The van der Waals surface area contributed by atoms with Crippen LogP contribution < -0.4 is 4.90 Å². The van der Waals surface area contributed by atoms with Crippen molar-refractivity contribution >= 4 is 17.6 Å². The largest absolute Gasteiger partial charge is 0.508 e. The Labute approximate surface area is 98.3 Å². The zero-order valence-corrected chi connectivity index (χ0v) is 9.33. The van der Waals surface area contributed by atoms with Gasteiger partial charge in [0.1, 0.15) is 5.75 Å². The van der Waals surface area contributed by atoms with Crippen LogP contribution in [0.25, 0.3) is 0 Å². The first kappa shape index (κ1) is 11.4. The fraction of sp³-hybridized carbons (Fsp3) is 0.333. The number of carboxylic acids is 1. The van der Waals surface area contributed by atoms with Crippen LogP contribution >= 0.6 is 0 Å². The van der Waals surface area contributed by atoms with E-state index in [9.17, 15) is 14.7 Å². The summed E-state index contributed by atoms with van der Waals surface area (Å²) in [7, 11) is 1.58. The number of hydrogen-bond donors (Lipinski definition) is 2. The van der Waals surface area contributed by atoms with E-state index in [1.54, 1.807) is 19.2 Å². The Balaban J connectivity index is 2.09. The number of nitrogens with zero attached hydrogens (tertiary/aromatic N) is 1. The minimum absolute atomic E-state index is 0.0766. The van der Waals surface area contributed by atoms with Crippen LogP contribution in [0, 0.1) is 11.8 Å². The van der Waals surface area contributed by atoms with Gasteiger partial charge in [-0.3, -0.25) is 9.59 Å². The fourth-order valence-corrected chi connectivity index (χ4v) is 1.82. The molecule has 2 unspecified atom stereocenters. The Morgan fingerprint density at radius 3 is 2.59 bits per heavy atom. The average Bonchev–Trinajstić information content (AvgIpc) is 3.07. The van der Waals surface area contributed by atoms with E-state index in [0.29, 0.717) is 12.1 Å². The second kappa shape index (κ2) is 4.08. The van der Waals surface area contributed by atoms with E-state index < -0.39 is 17.8 Å². The number of aliphatic carboxylic acids is 1. The van der Waals surface area contributed by atoms with E-state index in [1.165, 1.54) is 17.0 Å². The number of carbonyl (C=O) groups is 2. The molecule has 0 heterocycles. The van der Waals surface area contributed by atoms with Crippen LogP contribution in [0.4, 0.5) is 5.69 Å². The molecule has 1 saturated carbocycles. The first-order valence-electron chi connectivity index (χ1n) is 5.30. The maximum absolute atomic E-state index is 11.9. The maximum atomic E-state index is 11.9. The molecule has 0 radical (unpaired) electrons. The molecule has 0 saturated heterocycles. The van der Waals surface area contributed by atoms with E-state index >= 15 is 0 Å². The fourth-order valence-electron chi connectivity index (χ4n) is 1.82. The van der Waals surface area contributed by atoms with Crippen molar-refractivity contribution in [3.05, 3.63) is 24.3 Å². The molecule has 1 aromatic carbocycles. The standard InChI is InChI=1S/C12H13NO4/c1-13(7-3-2-4-8(14)5-7)11(15)9-6-10(9)12(16)17/h2-5,9-10,14H,6H2,1H3,(H,16,17). The monoisotopic (exact) mass is 235 g/mol. The number of benzene rings is 1. The summed E-state index contributed by atoms with van der Waals surface area (Å²) in [4.78, 5) is 24.0. The summed E-state index contributed by atoms with van der Waals surface area (Å²) >= 11 is 0. The second-order valence-corrected chi connectivity index (χ2v) is 4.20. The van der Waals surface area contributed by atoms with Crippen LogP contribution in [0.5, 0.6) is 5.75 Å². The predicted octanol–water partition coefficient (Wildman–Crippen LogP) is 1.08. The van der Waals surface area contributed by atoms with Gasteiger partial charge in [0.05, 0.1) is 11.8 Å². The maximum Gasteiger partial charge on any atom is 0.307 e. The smallest absolute Gasteiger partial charge is 0.307 e. The van der Waals surface area contributed by atoms with Crippen LogP contribution in [0.2, 0.25) is 0 Å². The number of carbonyl (C=O) groups excluding carboxylic acids is 1. The summed E-state index contributed by atoms with van der Waals surface area (Å²) in [6.45, 7) is 0. The molecule has 2 rings (SSSR count). The Morgan fingerprint density at radius 2 is 2.06 bits per heavy atom. The number of hydrogen-bond acceptors (Lipinski definition) is 3. The lowest BCUT2D eigenvalue weighted by Gasteiger charge is -2.17. The molecular formula is C12H13NO4. The van der Waals surface area contributed by atoms with Gasteiger partial charge in [-0.05, 0) is 18.6 Å².